The van der Waals surface area contributed by atoms with Crippen molar-refractivity contribution < 1.29 is 17.9 Å². The van der Waals surface area contributed by atoms with Gasteiger partial charge in [0.25, 0.3) is 0 Å². The van der Waals surface area contributed by atoms with Gasteiger partial charge in [-0.1, -0.05) is 17.7 Å². The first kappa shape index (κ1) is 20.4. The highest BCUT2D eigenvalue weighted by molar-refractivity contribution is 7.89. The number of hydrogen-bond donors (Lipinski definition) is 1. The first-order valence-electron chi connectivity index (χ1n) is 9.33. The number of nitrogens with zero attached hydrogens (tertiary/aromatic N) is 1. The number of benzene rings is 2. The third-order valence-corrected chi connectivity index (χ3v) is 6.94. The van der Waals surface area contributed by atoms with Crippen LogP contribution in [0.4, 0.5) is 5.69 Å². The first-order chi connectivity index (χ1) is 13.3. The van der Waals surface area contributed by atoms with E-state index in [1.165, 1.54) is 4.31 Å². The van der Waals surface area contributed by atoms with Crippen molar-refractivity contribution in [1.29, 1.82) is 0 Å². The van der Waals surface area contributed by atoms with Gasteiger partial charge < -0.3 is 10.1 Å². The molecule has 0 unspecified atom stereocenters. The summed E-state index contributed by atoms with van der Waals surface area (Å²) in [6, 6.07) is 12.4. The molecule has 0 aromatic heterocycles. The van der Waals surface area contributed by atoms with E-state index in [2.05, 4.69) is 5.32 Å². The molecule has 1 saturated heterocycles. The molecule has 0 saturated carbocycles. The Balaban J connectivity index is 1.73. The van der Waals surface area contributed by atoms with Gasteiger partial charge in [-0.25, -0.2) is 8.42 Å². The summed E-state index contributed by atoms with van der Waals surface area (Å²) in [5.41, 5.74) is 2.60. The van der Waals surface area contributed by atoms with E-state index in [-0.39, 0.29) is 23.3 Å². The molecule has 3 rings (SSSR count). The molecule has 1 heterocycles. The Morgan fingerprint density at radius 2 is 1.86 bits per heavy atom. The lowest BCUT2D eigenvalue weighted by Crippen LogP contribution is -2.43. The van der Waals surface area contributed by atoms with Crippen LogP contribution in [0.2, 0.25) is 0 Å². The van der Waals surface area contributed by atoms with Crippen LogP contribution in [-0.4, -0.2) is 38.8 Å². The monoisotopic (exact) mass is 402 g/mol. The van der Waals surface area contributed by atoms with E-state index >= 15 is 0 Å². The topological polar surface area (TPSA) is 75.7 Å². The second kappa shape index (κ2) is 8.32. The van der Waals surface area contributed by atoms with E-state index in [0.29, 0.717) is 25.1 Å². The molecular weight excluding hydrogens is 376 g/mol. The van der Waals surface area contributed by atoms with Crippen LogP contribution in [0.3, 0.4) is 0 Å². The van der Waals surface area contributed by atoms with E-state index in [4.69, 9.17) is 4.74 Å². The number of amides is 1. The van der Waals surface area contributed by atoms with Gasteiger partial charge in [-0.15, -0.1) is 0 Å². The zero-order valence-corrected chi connectivity index (χ0v) is 17.3. The Bertz CT molecular complexity index is 955. The summed E-state index contributed by atoms with van der Waals surface area (Å²) < 4.78 is 32.7. The largest absolute Gasteiger partial charge is 0.496 e. The summed E-state index contributed by atoms with van der Waals surface area (Å²) in [4.78, 5) is 12.9. The van der Waals surface area contributed by atoms with Crippen LogP contribution in [0.5, 0.6) is 5.75 Å². The molecule has 6 nitrogen and oxygen atoms in total. The average Bonchev–Trinajstić information content (AvgIpc) is 2.69. The van der Waals surface area contributed by atoms with Gasteiger partial charge in [0.1, 0.15) is 5.75 Å². The van der Waals surface area contributed by atoms with Crippen LogP contribution in [0.25, 0.3) is 0 Å². The molecule has 1 aliphatic rings. The number of nitrogens with one attached hydrogen (secondary N) is 1. The van der Waals surface area contributed by atoms with Crippen LogP contribution in [0.1, 0.15) is 24.0 Å². The average molecular weight is 403 g/mol. The number of sulfonamides is 1. The fourth-order valence-electron chi connectivity index (χ4n) is 3.42. The predicted octanol–water partition coefficient (Wildman–Crippen LogP) is 3.35. The summed E-state index contributed by atoms with van der Waals surface area (Å²) >= 11 is 0. The number of hydrogen-bond acceptors (Lipinski definition) is 4. The molecule has 2 aromatic carbocycles. The van der Waals surface area contributed by atoms with Gasteiger partial charge in [0, 0.05) is 18.8 Å². The minimum Gasteiger partial charge on any atom is -0.496 e. The van der Waals surface area contributed by atoms with E-state index in [1.807, 2.05) is 38.1 Å². The van der Waals surface area contributed by atoms with E-state index in [0.717, 1.165) is 16.8 Å². The minimum atomic E-state index is -3.66. The molecule has 0 radical (unpaired) electrons. The summed E-state index contributed by atoms with van der Waals surface area (Å²) in [6.45, 7) is 4.40. The Kier molecular flexibility index (Phi) is 6.05. The van der Waals surface area contributed by atoms with E-state index in [1.54, 1.807) is 25.3 Å². The first-order valence-corrected chi connectivity index (χ1v) is 10.8. The fourth-order valence-corrected chi connectivity index (χ4v) is 5.03. The highest BCUT2D eigenvalue weighted by atomic mass is 32.2. The zero-order valence-electron chi connectivity index (χ0n) is 16.4. The SMILES string of the molecule is COc1ccc(S(=O)(=O)N2CCC[C@H](C(=O)Nc3ccc(C)cc3)C2)cc1C. The van der Waals surface area contributed by atoms with Crippen molar-refractivity contribution >= 4 is 21.6 Å². The number of carbonyl (C=O) groups excluding carboxylic acids is 1. The number of rotatable bonds is 5. The summed E-state index contributed by atoms with van der Waals surface area (Å²) in [7, 11) is -2.10. The molecule has 0 bridgehead atoms. The smallest absolute Gasteiger partial charge is 0.243 e. The lowest BCUT2D eigenvalue weighted by Gasteiger charge is -2.31. The number of aryl methyl sites for hydroxylation is 2. The van der Waals surface area contributed by atoms with Crippen LogP contribution < -0.4 is 10.1 Å². The van der Waals surface area contributed by atoms with Crippen molar-refractivity contribution in [3.63, 3.8) is 0 Å². The van der Waals surface area contributed by atoms with Gasteiger partial charge >= 0.3 is 0 Å². The number of carbonyl (C=O) groups is 1. The van der Waals surface area contributed by atoms with Crippen LogP contribution in [0.15, 0.2) is 47.4 Å². The molecule has 1 amide bonds. The number of anilines is 1. The van der Waals surface area contributed by atoms with E-state index in [9.17, 15) is 13.2 Å². The predicted molar refractivity (Wildman–Crippen MR) is 109 cm³/mol. The maximum absolute atomic E-state index is 13.1. The molecule has 2 aromatic rings. The van der Waals surface area contributed by atoms with Crippen molar-refractivity contribution in [2.24, 2.45) is 5.92 Å². The third kappa shape index (κ3) is 4.36. The number of piperidine rings is 1. The van der Waals surface area contributed by atoms with Gasteiger partial charge in [-0.3, -0.25) is 4.79 Å². The zero-order chi connectivity index (χ0) is 20.3. The molecule has 1 atom stereocenters. The molecule has 1 aliphatic heterocycles. The molecule has 28 heavy (non-hydrogen) atoms. The van der Waals surface area contributed by atoms with Crippen molar-refractivity contribution in [2.75, 3.05) is 25.5 Å². The maximum Gasteiger partial charge on any atom is 0.243 e. The molecule has 150 valence electrons. The third-order valence-electron chi connectivity index (χ3n) is 5.08. The van der Waals surface area contributed by atoms with Crippen LogP contribution >= 0.6 is 0 Å². The normalized spacial score (nSPS) is 17.9. The Morgan fingerprint density at radius 3 is 2.50 bits per heavy atom. The van der Waals surface area contributed by atoms with Crippen molar-refractivity contribution in [3.05, 3.63) is 53.6 Å². The highest BCUT2D eigenvalue weighted by Gasteiger charge is 2.33. The van der Waals surface area contributed by atoms with Crippen LogP contribution in [0, 0.1) is 19.8 Å². The molecule has 7 heteroatoms. The molecule has 1 N–H and O–H groups in total. The summed E-state index contributed by atoms with van der Waals surface area (Å²) in [5.74, 6) is 0.131. The Labute approximate surface area is 166 Å². The fraction of sp³-hybridized carbons (Fsp3) is 0.381. The van der Waals surface area contributed by atoms with Crippen LogP contribution in [-0.2, 0) is 14.8 Å². The van der Waals surface area contributed by atoms with Gasteiger partial charge in [0.05, 0.1) is 17.9 Å². The molecule has 0 aliphatic carbocycles. The molecule has 1 fully saturated rings. The lowest BCUT2D eigenvalue weighted by molar-refractivity contribution is -0.120. The van der Waals surface area contributed by atoms with Crippen molar-refractivity contribution in [2.45, 2.75) is 31.6 Å². The Hall–Kier alpha value is -2.38. The maximum atomic E-state index is 13.1. The number of ether oxygens (including phenoxy) is 1. The quantitative estimate of drug-likeness (QED) is 0.832. The van der Waals surface area contributed by atoms with E-state index < -0.39 is 10.0 Å². The second-order valence-corrected chi connectivity index (χ2v) is 9.13. The standard InChI is InChI=1S/C21H26N2O4S/c1-15-6-8-18(9-7-15)22-21(24)17-5-4-12-23(14-17)28(25,26)19-10-11-20(27-3)16(2)13-19/h6-11,13,17H,4-5,12,14H2,1-3H3,(H,22,24)/t17-/m0/s1. The lowest BCUT2D eigenvalue weighted by atomic mass is 9.98. The number of methoxy groups -OCH3 is 1. The van der Waals surface area contributed by atoms with Gasteiger partial charge in [-0.05, 0) is 62.6 Å². The van der Waals surface area contributed by atoms with Gasteiger partial charge in [0.15, 0.2) is 0 Å². The van der Waals surface area contributed by atoms with Gasteiger partial charge in [0.2, 0.25) is 15.9 Å². The summed E-state index contributed by atoms with van der Waals surface area (Å²) in [6.07, 6.45) is 1.33. The van der Waals surface area contributed by atoms with Gasteiger partial charge in [-0.2, -0.15) is 4.31 Å². The highest BCUT2D eigenvalue weighted by Crippen LogP contribution is 2.27. The second-order valence-electron chi connectivity index (χ2n) is 7.19. The molecular formula is C21H26N2O4S. The molecule has 0 spiro atoms. The Morgan fingerprint density at radius 1 is 1.14 bits per heavy atom. The van der Waals surface area contributed by atoms with Crippen molar-refractivity contribution in [3.8, 4) is 5.75 Å². The minimum absolute atomic E-state index is 0.144. The summed E-state index contributed by atoms with van der Waals surface area (Å²) in [5, 5.41) is 2.90. The van der Waals surface area contributed by atoms with Crippen molar-refractivity contribution in [1.82, 2.24) is 4.31 Å².